The van der Waals surface area contributed by atoms with Crippen molar-refractivity contribution in [3.63, 3.8) is 0 Å². The van der Waals surface area contributed by atoms with Crippen molar-refractivity contribution in [1.29, 1.82) is 0 Å². The van der Waals surface area contributed by atoms with E-state index in [1.54, 1.807) is 13.2 Å². The number of hydrogen-bond acceptors (Lipinski definition) is 3. The second-order valence-electron chi connectivity index (χ2n) is 6.73. The Morgan fingerprint density at radius 1 is 1.29 bits per heavy atom. The molecule has 114 valence electrons. The van der Waals surface area contributed by atoms with E-state index in [-0.39, 0.29) is 5.41 Å². The van der Waals surface area contributed by atoms with E-state index in [9.17, 15) is 4.79 Å². The summed E-state index contributed by atoms with van der Waals surface area (Å²) in [7, 11) is 1.66. The Bertz CT molecular complexity index is 577. The van der Waals surface area contributed by atoms with Crippen LogP contribution >= 0.6 is 15.9 Å². The van der Waals surface area contributed by atoms with Crippen LogP contribution in [0, 0.1) is 0 Å². The molecule has 1 fully saturated rings. The molecular formula is C17H22BrNO2. The van der Waals surface area contributed by atoms with Gasteiger partial charge in [0.05, 0.1) is 11.6 Å². The molecule has 1 aromatic carbocycles. The molecule has 21 heavy (non-hydrogen) atoms. The summed E-state index contributed by atoms with van der Waals surface area (Å²) in [5, 5.41) is 0. The van der Waals surface area contributed by atoms with Crippen LogP contribution in [0.15, 0.2) is 21.6 Å². The lowest BCUT2D eigenvalue weighted by Gasteiger charge is -2.29. The van der Waals surface area contributed by atoms with Crippen molar-refractivity contribution in [3.8, 4) is 5.75 Å². The van der Waals surface area contributed by atoms with E-state index >= 15 is 0 Å². The Balaban J connectivity index is 2.70. The van der Waals surface area contributed by atoms with E-state index < -0.39 is 5.54 Å². The van der Waals surface area contributed by atoms with Crippen LogP contribution in [0.3, 0.4) is 0 Å². The van der Waals surface area contributed by atoms with Crippen LogP contribution in [0.4, 0.5) is 0 Å². The molecule has 0 amide bonds. The first kappa shape index (κ1) is 16.3. The number of halogens is 1. The van der Waals surface area contributed by atoms with Crippen molar-refractivity contribution in [3.05, 3.63) is 27.7 Å². The fourth-order valence-electron chi connectivity index (χ4n) is 3.07. The lowest BCUT2D eigenvalue weighted by molar-refractivity contribution is 0.376. The zero-order valence-corrected chi connectivity index (χ0v) is 14.7. The van der Waals surface area contributed by atoms with Gasteiger partial charge in [-0.3, -0.25) is 0 Å². The van der Waals surface area contributed by atoms with Gasteiger partial charge in [0, 0.05) is 5.56 Å². The zero-order valence-electron chi connectivity index (χ0n) is 13.1. The Morgan fingerprint density at radius 3 is 2.38 bits per heavy atom. The average Bonchev–Trinajstić information content (AvgIpc) is 2.87. The highest BCUT2D eigenvalue weighted by Crippen LogP contribution is 2.48. The van der Waals surface area contributed by atoms with Gasteiger partial charge in [-0.15, -0.1) is 0 Å². The topological polar surface area (TPSA) is 38.7 Å². The van der Waals surface area contributed by atoms with Crippen molar-refractivity contribution in [2.24, 2.45) is 4.99 Å². The van der Waals surface area contributed by atoms with Crippen molar-refractivity contribution >= 4 is 22.0 Å². The van der Waals surface area contributed by atoms with Gasteiger partial charge in [-0.1, -0.05) is 33.6 Å². The first-order valence-corrected chi connectivity index (χ1v) is 8.11. The van der Waals surface area contributed by atoms with Crippen LogP contribution < -0.4 is 4.74 Å². The number of ether oxygens (including phenoxy) is 1. The number of isocyanates is 1. The van der Waals surface area contributed by atoms with E-state index in [0.717, 1.165) is 41.5 Å². The molecule has 0 heterocycles. The number of rotatable bonds is 3. The molecule has 1 aliphatic carbocycles. The quantitative estimate of drug-likeness (QED) is 0.576. The number of benzene rings is 1. The summed E-state index contributed by atoms with van der Waals surface area (Å²) in [6.07, 6.45) is 5.68. The van der Waals surface area contributed by atoms with E-state index in [4.69, 9.17) is 4.74 Å². The maximum Gasteiger partial charge on any atom is 0.235 e. The summed E-state index contributed by atoms with van der Waals surface area (Å²) in [4.78, 5) is 15.2. The molecular weight excluding hydrogens is 330 g/mol. The van der Waals surface area contributed by atoms with Crippen LogP contribution in [0.5, 0.6) is 5.75 Å². The van der Waals surface area contributed by atoms with Crippen LogP contribution in [0.2, 0.25) is 0 Å². The lowest BCUT2D eigenvalue weighted by atomic mass is 9.81. The molecule has 2 rings (SSSR count). The minimum absolute atomic E-state index is 0.0221. The SMILES string of the molecule is COc1c(Br)cc(C(C)(C)C)cc1C1(N=C=O)CCCC1. The molecule has 0 unspecified atom stereocenters. The molecule has 1 aliphatic rings. The molecule has 0 bridgehead atoms. The fraction of sp³-hybridized carbons (Fsp3) is 0.588. The van der Waals surface area contributed by atoms with Crippen LogP contribution in [-0.4, -0.2) is 13.2 Å². The molecule has 1 saturated carbocycles. The highest BCUT2D eigenvalue weighted by molar-refractivity contribution is 9.10. The maximum atomic E-state index is 11.0. The van der Waals surface area contributed by atoms with Crippen molar-refractivity contribution < 1.29 is 9.53 Å². The lowest BCUT2D eigenvalue weighted by Crippen LogP contribution is -2.22. The van der Waals surface area contributed by atoms with E-state index in [2.05, 4.69) is 53.8 Å². The third-order valence-electron chi connectivity index (χ3n) is 4.31. The number of nitrogens with zero attached hydrogens (tertiary/aromatic N) is 1. The van der Waals surface area contributed by atoms with Gasteiger partial charge in [-0.2, -0.15) is 4.99 Å². The second kappa shape index (κ2) is 5.94. The Labute approximate surface area is 134 Å². The summed E-state index contributed by atoms with van der Waals surface area (Å²) in [6, 6.07) is 4.24. The highest BCUT2D eigenvalue weighted by Gasteiger charge is 2.39. The highest BCUT2D eigenvalue weighted by atomic mass is 79.9. The summed E-state index contributed by atoms with van der Waals surface area (Å²) < 4.78 is 6.51. The third kappa shape index (κ3) is 3.07. The zero-order chi connectivity index (χ0) is 15.7. The van der Waals surface area contributed by atoms with Gasteiger partial charge >= 0.3 is 0 Å². The number of aliphatic imine (C=N–C) groups is 1. The number of carbonyl (C=O) groups excluding carboxylic acids is 1. The van der Waals surface area contributed by atoms with Crippen molar-refractivity contribution in [1.82, 2.24) is 0 Å². The largest absolute Gasteiger partial charge is 0.495 e. The molecule has 0 atom stereocenters. The van der Waals surface area contributed by atoms with Gasteiger partial charge in [0.25, 0.3) is 0 Å². The number of methoxy groups -OCH3 is 1. The third-order valence-corrected chi connectivity index (χ3v) is 4.89. The summed E-state index contributed by atoms with van der Waals surface area (Å²) in [5.41, 5.74) is 1.76. The molecule has 0 saturated heterocycles. The summed E-state index contributed by atoms with van der Waals surface area (Å²) >= 11 is 3.61. The standard InChI is InChI=1S/C17H22BrNO2/c1-16(2,3)12-9-13(15(21-4)14(18)10-12)17(19-11-20)7-5-6-8-17/h9-10H,5-8H2,1-4H3. The van der Waals surface area contributed by atoms with Gasteiger partial charge in [0.15, 0.2) is 0 Å². The molecule has 0 N–H and O–H groups in total. The van der Waals surface area contributed by atoms with Crippen molar-refractivity contribution in [2.75, 3.05) is 7.11 Å². The van der Waals surface area contributed by atoms with Gasteiger partial charge in [0.1, 0.15) is 11.3 Å². The molecule has 0 spiro atoms. The predicted molar refractivity (Wildman–Crippen MR) is 87.7 cm³/mol. The molecule has 0 aliphatic heterocycles. The number of hydrogen-bond donors (Lipinski definition) is 0. The van der Waals surface area contributed by atoms with Gasteiger partial charge < -0.3 is 4.74 Å². The van der Waals surface area contributed by atoms with Crippen LogP contribution in [-0.2, 0) is 15.7 Å². The molecule has 4 heteroatoms. The first-order chi connectivity index (χ1) is 9.84. The second-order valence-corrected chi connectivity index (χ2v) is 7.58. The summed E-state index contributed by atoms with van der Waals surface area (Å²) in [5.74, 6) is 0.781. The van der Waals surface area contributed by atoms with Gasteiger partial charge in [-0.25, -0.2) is 4.79 Å². The van der Waals surface area contributed by atoms with Crippen molar-refractivity contribution in [2.45, 2.75) is 57.4 Å². The monoisotopic (exact) mass is 351 g/mol. The van der Waals surface area contributed by atoms with E-state index in [1.165, 1.54) is 5.56 Å². The molecule has 0 radical (unpaired) electrons. The molecule has 0 aromatic heterocycles. The van der Waals surface area contributed by atoms with E-state index in [1.807, 2.05) is 0 Å². The predicted octanol–water partition coefficient (Wildman–Crippen LogP) is 4.86. The van der Waals surface area contributed by atoms with Crippen LogP contribution in [0.25, 0.3) is 0 Å². The van der Waals surface area contributed by atoms with E-state index in [0.29, 0.717) is 0 Å². The van der Waals surface area contributed by atoms with Gasteiger partial charge in [0.2, 0.25) is 6.08 Å². The molecule has 3 nitrogen and oxygen atoms in total. The Morgan fingerprint density at radius 2 is 1.90 bits per heavy atom. The molecule has 1 aromatic rings. The fourth-order valence-corrected chi connectivity index (χ4v) is 3.69. The van der Waals surface area contributed by atoms with Gasteiger partial charge in [-0.05, 0) is 51.9 Å². The minimum Gasteiger partial charge on any atom is -0.495 e. The minimum atomic E-state index is -0.475. The summed E-state index contributed by atoms with van der Waals surface area (Å²) in [6.45, 7) is 6.53. The van der Waals surface area contributed by atoms with Crippen LogP contribution in [0.1, 0.15) is 57.6 Å². The maximum absolute atomic E-state index is 11.0. The first-order valence-electron chi connectivity index (χ1n) is 7.31. The normalized spacial score (nSPS) is 17.4. The average molecular weight is 352 g/mol. The Hall–Kier alpha value is -1.12. The Kier molecular flexibility index (Phi) is 4.60. The smallest absolute Gasteiger partial charge is 0.235 e.